The van der Waals surface area contributed by atoms with Crippen LogP contribution in [0.4, 0.5) is 5.69 Å². The van der Waals surface area contributed by atoms with Gasteiger partial charge in [0.2, 0.25) is 0 Å². The highest BCUT2D eigenvalue weighted by molar-refractivity contribution is 6.01. The average Bonchev–Trinajstić information content (AvgIpc) is 3.29. The summed E-state index contributed by atoms with van der Waals surface area (Å²) in [5, 5.41) is 9.49. The Hall–Kier alpha value is -3.33. The van der Waals surface area contributed by atoms with Crippen molar-refractivity contribution in [1.82, 2.24) is 4.57 Å². The highest BCUT2D eigenvalue weighted by Crippen LogP contribution is 2.27. The van der Waals surface area contributed by atoms with Crippen molar-refractivity contribution in [2.45, 2.75) is 47.1 Å². The van der Waals surface area contributed by atoms with E-state index in [0.717, 1.165) is 47.6 Å². The Balaban J connectivity index is 1.67. The van der Waals surface area contributed by atoms with Gasteiger partial charge in [-0.15, -0.1) is 0 Å². The fraction of sp³-hybridized carbons (Fsp3) is 0.400. The molecule has 6 heteroatoms. The molecule has 0 unspecified atom stereocenters. The summed E-state index contributed by atoms with van der Waals surface area (Å²) in [5.41, 5.74) is 4.75. The number of aryl methyl sites for hydroxylation is 1. The second kappa shape index (κ2) is 9.65. The van der Waals surface area contributed by atoms with Gasteiger partial charge in [-0.2, -0.15) is 5.26 Å². The number of ether oxygens (including phenoxy) is 1. The first-order valence-corrected chi connectivity index (χ1v) is 10.7. The molecular formula is C25H29N3O3. The first kappa shape index (κ1) is 22.4. The first-order chi connectivity index (χ1) is 14.8. The molecule has 6 nitrogen and oxygen atoms in total. The molecule has 3 rings (SSSR count). The molecule has 0 bridgehead atoms. The number of benzene rings is 1. The molecule has 2 heterocycles. The van der Waals surface area contributed by atoms with E-state index >= 15 is 0 Å². The molecule has 0 saturated carbocycles. The van der Waals surface area contributed by atoms with Crippen LogP contribution in [0.25, 0.3) is 6.08 Å². The summed E-state index contributed by atoms with van der Waals surface area (Å²) >= 11 is 0. The van der Waals surface area contributed by atoms with Gasteiger partial charge < -0.3 is 14.2 Å². The maximum Gasteiger partial charge on any atom is 0.349 e. The normalized spacial score (nSPS) is 13.3. The SMILES string of the molecule is Cc1cc(/C=C(\C#N)C(=O)OCC(=O)N2CCc3ccccc32)c(C)n1CCC(C)C. The molecule has 1 aromatic heterocycles. The van der Waals surface area contributed by atoms with E-state index in [1.165, 1.54) is 0 Å². The van der Waals surface area contributed by atoms with E-state index in [4.69, 9.17) is 4.74 Å². The van der Waals surface area contributed by atoms with Crippen LogP contribution < -0.4 is 4.90 Å². The number of hydrogen-bond donors (Lipinski definition) is 0. The second-order valence-corrected chi connectivity index (χ2v) is 8.33. The van der Waals surface area contributed by atoms with Crippen LogP contribution in [0.15, 0.2) is 35.9 Å². The average molecular weight is 420 g/mol. The monoisotopic (exact) mass is 419 g/mol. The molecule has 0 radical (unpaired) electrons. The predicted octanol–water partition coefficient (Wildman–Crippen LogP) is 4.19. The molecule has 0 fully saturated rings. The number of carbonyl (C=O) groups is 2. The summed E-state index contributed by atoms with van der Waals surface area (Å²) in [6.07, 6.45) is 3.38. The molecule has 1 aromatic carbocycles. The lowest BCUT2D eigenvalue weighted by molar-refractivity contribution is -0.143. The van der Waals surface area contributed by atoms with Crippen LogP contribution in [0.3, 0.4) is 0 Å². The standard InChI is InChI=1S/C25H29N3O3/c1-17(2)9-11-27-18(3)13-21(19(27)4)14-22(15-26)25(30)31-16-24(29)28-12-10-20-7-5-6-8-23(20)28/h5-8,13-14,17H,9-12,16H2,1-4H3/b22-14+. The minimum Gasteiger partial charge on any atom is -0.451 e. The van der Waals surface area contributed by atoms with Gasteiger partial charge in [0.1, 0.15) is 11.6 Å². The van der Waals surface area contributed by atoms with Gasteiger partial charge in [-0.25, -0.2) is 4.79 Å². The van der Waals surface area contributed by atoms with Gasteiger partial charge in [-0.1, -0.05) is 32.0 Å². The number of amides is 1. The third-order valence-electron chi connectivity index (χ3n) is 5.70. The van der Waals surface area contributed by atoms with Crippen LogP contribution in [-0.2, 0) is 27.3 Å². The zero-order valence-electron chi connectivity index (χ0n) is 18.6. The maximum absolute atomic E-state index is 12.6. The van der Waals surface area contributed by atoms with E-state index in [0.29, 0.717) is 12.5 Å². The third kappa shape index (κ3) is 5.05. The molecule has 1 amide bonds. The Morgan fingerprint density at radius 3 is 2.71 bits per heavy atom. The van der Waals surface area contributed by atoms with Gasteiger partial charge in [0.05, 0.1) is 0 Å². The highest BCUT2D eigenvalue weighted by atomic mass is 16.5. The molecule has 0 N–H and O–H groups in total. The maximum atomic E-state index is 12.6. The molecule has 0 saturated heterocycles. The lowest BCUT2D eigenvalue weighted by atomic mass is 10.1. The molecule has 2 aromatic rings. The van der Waals surface area contributed by atoms with Crippen molar-refractivity contribution < 1.29 is 14.3 Å². The summed E-state index contributed by atoms with van der Waals surface area (Å²) < 4.78 is 7.38. The smallest absolute Gasteiger partial charge is 0.349 e. The minimum absolute atomic E-state index is 0.112. The molecule has 0 atom stereocenters. The van der Waals surface area contributed by atoms with Crippen molar-refractivity contribution in [2.24, 2.45) is 5.92 Å². The van der Waals surface area contributed by atoms with Crippen LogP contribution in [0.1, 0.15) is 42.8 Å². The molecule has 31 heavy (non-hydrogen) atoms. The van der Waals surface area contributed by atoms with E-state index in [2.05, 4.69) is 18.4 Å². The van der Waals surface area contributed by atoms with Crippen molar-refractivity contribution in [3.05, 3.63) is 58.4 Å². The van der Waals surface area contributed by atoms with Gasteiger partial charge >= 0.3 is 5.97 Å². The lowest BCUT2D eigenvalue weighted by Gasteiger charge is -2.17. The van der Waals surface area contributed by atoms with Crippen LogP contribution in [-0.4, -0.2) is 29.6 Å². The topological polar surface area (TPSA) is 75.3 Å². The summed E-state index contributed by atoms with van der Waals surface area (Å²) in [5.74, 6) is -0.484. The number of fused-ring (bicyclic) bond motifs is 1. The minimum atomic E-state index is -0.782. The summed E-state index contributed by atoms with van der Waals surface area (Å²) in [4.78, 5) is 26.7. The number of rotatable bonds is 7. The third-order valence-corrected chi connectivity index (χ3v) is 5.70. The van der Waals surface area contributed by atoms with Gasteiger partial charge in [0.15, 0.2) is 6.61 Å². The summed E-state index contributed by atoms with van der Waals surface area (Å²) in [7, 11) is 0. The molecule has 1 aliphatic heterocycles. The largest absolute Gasteiger partial charge is 0.451 e. The van der Waals surface area contributed by atoms with Crippen molar-refractivity contribution in [1.29, 1.82) is 5.26 Å². The van der Waals surface area contributed by atoms with Crippen LogP contribution in [0.5, 0.6) is 0 Å². The number of aromatic nitrogens is 1. The van der Waals surface area contributed by atoms with E-state index in [1.54, 1.807) is 11.0 Å². The molecular weight excluding hydrogens is 390 g/mol. The Bertz CT molecular complexity index is 1060. The highest BCUT2D eigenvalue weighted by Gasteiger charge is 2.25. The number of nitrogens with zero attached hydrogens (tertiary/aromatic N) is 3. The Labute approximate surface area is 183 Å². The van der Waals surface area contributed by atoms with Crippen molar-refractivity contribution in [3.8, 4) is 6.07 Å². The van der Waals surface area contributed by atoms with Gasteiger partial charge in [-0.3, -0.25) is 4.79 Å². The van der Waals surface area contributed by atoms with E-state index in [-0.39, 0.29) is 18.1 Å². The number of anilines is 1. The quantitative estimate of drug-likeness (QED) is 0.383. The van der Waals surface area contributed by atoms with Crippen molar-refractivity contribution in [3.63, 3.8) is 0 Å². The summed E-state index contributed by atoms with van der Waals surface area (Å²) in [6.45, 7) is 9.43. The Morgan fingerprint density at radius 1 is 1.26 bits per heavy atom. The lowest BCUT2D eigenvalue weighted by Crippen LogP contribution is -2.33. The predicted molar refractivity (Wildman–Crippen MR) is 120 cm³/mol. The molecule has 1 aliphatic rings. The van der Waals surface area contributed by atoms with E-state index < -0.39 is 5.97 Å². The van der Waals surface area contributed by atoms with Crippen LogP contribution in [0.2, 0.25) is 0 Å². The molecule has 0 spiro atoms. The van der Waals surface area contributed by atoms with Gasteiger partial charge in [0.25, 0.3) is 5.91 Å². The zero-order valence-corrected chi connectivity index (χ0v) is 18.6. The van der Waals surface area contributed by atoms with E-state index in [9.17, 15) is 14.9 Å². The number of para-hydroxylation sites is 1. The van der Waals surface area contributed by atoms with Gasteiger partial charge in [0, 0.05) is 30.2 Å². The Kier molecular flexibility index (Phi) is 6.96. The van der Waals surface area contributed by atoms with Gasteiger partial charge in [-0.05, 0) is 61.9 Å². The number of esters is 1. The molecule has 0 aliphatic carbocycles. The van der Waals surface area contributed by atoms with Crippen LogP contribution in [0, 0.1) is 31.1 Å². The van der Waals surface area contributed by atoms with E-state index in [1.807, 2.05) is 50.2 Å². The summed E-state index contributed by atoms with van der Waals surface area (Å²) in [6, 6.07) is 11.6. The second-order valence-electron chi connectivity index (χ2n) is 8.33. The fourth-order valence-electron chi connectivity index (χ4n) is 3.88. The number of hydrogen-bond acceptors (Lipinski definition) is 4. The zero-order chi connectivity index (χ0) is 22.5. The number of nitriles is 1. The first-order valence-electron chi connectivity index (χ1n) is 10.7. The Morgan fingerprint density at radius 2 is 2.00 bits per heavy atom. The van der Waals surface area contributed by atoms with Crippen LogP contribution >= 0.6 is 0 Å². The number of carbonyl (C=O) groups excluding carboxylic acids is 2. The fourth-order valence-corrected chi connectivity index (χ4v) is 3.88. The van der Waals surface area contributed by atoms with Crippen molar-refractivity contribution >= 4 is 23.6 Å². The van der Waals surface area contributed by atoms with Crippen molar-refractivity contribution in [2.75, 3.05) is 18.1 Å². The molecule has 162 valence electrons.